The van der Waals surface area contributed by atoms with Crippen LogP contribution in [-0.4, -0.2) is 6.54 Å². The van der Waals surface area contributed by atoms with Crippen LogP contribution in [0.1, 0.15) is 29.0 Å². The summed E-state index contributed by atoms with van der Waals surface area (Å²) in [5, 5.41) is 7.93. The van der Waals surface area contributed by atoms with Crippen molar-refractivity contribution >= 4 is 38.6 Å². The second-order valence-electron chi connectivity index (χ2n) is 3.64. The number of nitrogens with one attached hydrogen (secondary N) is 1. The summed E-state index contributed by atoms with van der Waals surface area (Å²) in [5.41, 5.74) is 2.72. The molecule has 0 spiro atoms. The van der Waals surface area contributed by atoms with Crippen molar-refractivity contribution in [2.24, 2.45) is 0 Å². The first-order chi connectivity index (χ1) is 7.72. The Hall–Kier alpha value is -0.160. The minimum Gasteiger partial charge on any atom is -0.306 e. The van der Waals surface area contributed by atoms with Gasteiger partial charge in [0, 0.05) is 4.88 Å². The molecule has 86 valence electrons. The Labute approximate surface area is 113 Å². The molecule has 0 saturated heterocycles. The van der Waals surface area contributed by atoms with E-state index in [1.54, 1.807) is 11.3 Å². The van der Waals surface area contributed by atoms with E-state index < -0.39 is 0 Å². The Morgan fingerprint density at radius 2 is 2.25 bits per heavy atom. The van der Waals surface area contributed by atoms with Crippen LogP contribution in [0.2, 0.25) is 0 Å². The van der Waals surface area contributed by atoms with Crippen LogP contribution < -0.4 is 5.32 Å². The Kier molecular flexibility index (Phi) is 4.19. The van der Waals surface area contributed by atoms with E-state index >= 15 is 0 Å². The van der Waals surface area contributed by atoms with E-state index in [2.05, 4.69) is 58.0 Å². The second-order valence-corrected chi connectivity index (χ2v) is 6.88. The molecule has 2 heterocycles. The van der Waals surface area contributed by atoms with Gasteiger partial charge in [-0.2, -0.15) is 0 Å². The lowest BCUT2D eigenvalue weighted by Gasteiger charge is -2.16. The fourth-order valence-corrected chi connectivity index (χ4v) is 3.95. The molecule has 2 aromatic heterocycles. The molecule has 16 heavy (non-hydrogen) atoms. The van der Waals surface area contributed by atoms with Crippen molar-refractivity contribution in [2.45, 2.75) is 19.9 Å². The average molecular weight is 316 g/mol. The van der Waals surface area contributed by atoms with E-state index in [-0.39, 0.29) is 0 Å². The number of aryl methyl sites for hydroxylation is 1. The highest BCUT2D eigenvalue weighted by atomic mass is 79.9. The molecule has 0 amide bonds. The molecule has 4 heteroatoms. The maximum absolute atomic E-state index is 3.55. The number of rotatable bonds is 4. The Morgan fingerprint density at radius 1 is 1.44 bits per heavy atom. The maximum atomic E-state index is 3.55. The summed E-state index contributed by atoms with van der Waals surface area (Å²) in [5.74, 6) is 0. The molecule has 0 aliphatic heterocycles. The molecule has 1 unspecified atom stereocenters. The molecule has 0 bridgehead atoms. The van der Waals surface area contributed by atoms with Crippen LogP contribution in [0.3, 0.4) is 0 Å². The van der Waals surface area contributed by atoms with Gasteiger partial charge >= 0.3 is 0 Å². The van der Waals surface area contributed by atoms with Gasteiger partial charge in [0.05, 0.1) is 9.83 Å². The summed E-state index contributed by atoms with van der Waals surface area (Å²) in [6.45, 7) is 5.31. The first-order valence-corrected chi connectivity index (χ1v) is 7.79. The number of halogens is 1. The van der Waals surface area contributed by atoms with Crippen LogP contribution in [0.4, 0.5) is 0 Å². The number of hydrogen-bond donors (Lipinski definition) is 1. The Bertz CT molecular complexity index is 461. The van der Waals surface area contributed by atoms with E-state index in [9.17, 15) is 0 Å². The summed E-state index contributed by atoms with van der Waals surface area (Å²) >= 11 is 7.10. The Balaban J connectivity index is 2.34. The van der Waals surface area contributed by atoms with Crippen molar-refractivity contribution in [3.63, 3.8) is 0 Å². The van der Waals surface area contributed by atoms with Gasteiger partial charge in [-0.1, -0.05) is 6.92 Å². The molecular weight excluding hydrogens is 302 g/mol. The molecular formula is C12H14BrNS2. The van der Waals surface area contributed by atoms with Crippen LogP contribution in [0.25, 0.3) is 0 Å². The quantitative estimate of drug-likeness (QED) is 0.870. The van der Waals surface area contributed by atoms with Gasteiger partial charge in [-0.25, -0.2) is 0 Å². The largest absolute Gasteiger partial charge is 0.306 e. The summed E-state index contributed by atoms with van der Waals surface area (Å²) in [4.78, 5) is 1.42. The zero-order valence-electron chi connectivity index (χ0n) is 9.29. The molecule has 0 saturated carbocycles. The Morgan fingerprint density at radius 3 is 2.75 bits per heavy atom. The van der Waals surface area contributed by atoms with Crippen molar-refractivity contribution in [1.29, 1.82) is 0 Å². The predicted molar refractivity (Wildman–Crippen MR) is 76.6 cm³/mol. The van der Waals surface area contributed by atoms with E-state index in [0.717, 1.165) is 6.54 Å². The van der Waals surface area contributed by atoms with Crippen LogP contribution in [0.15, 0.2) is 26.7 Å². The van der Waals surface area contributed by atoms with E-state index in [0.29, 0.717) is 6.04 Å². The molecule has 1 N–H and O–H groups in total. The minimum absolute atomic E-state index is 0.340. The standard InChI is InChI=1S/C12H14BrNS2/c1-3-14-11(9-6-10(13)16-7-9)12-8(2)4-5-15-12/h4-7,11,14H,3H2,1-2H3. The fraction of sp³-hybridized carbons (Fsp3) is 0.333. The van der Waals surface area contributed by atoms with Gasteiger partial charge in [-0.05, 0) is 63.4 Å². The second kappa shape index (κ2) is 5.45. The van der Waals surface area contributed by atoms with Gasteiger partial charge < -0.3 is 5.32 Å². The van der Waals surface area contributed by atoms with Crippen LogP contribution in [-0.2, 0) is 0 Å². The maximum Gasteiger partial charge on any atom is 0.0701 e. The monoisotopic (exact) mass is 315 g/mol. The normalized spacial score (nSPS) is 12.9. The van der Waals surface area contributed by atoms with Crippen LogP contribution in [0.5, 0.6) is 0 Å². The number of hydrogen-bond acceptors (Lipinski definition) is 3. The first kappa shape index (κ1) is 12.3. The lowest BCUT2D eigenvalue weighted by molar-refractivity contribution is 0.639. The summed E-state index contributed by atoms with van der Waals surface area (Å²) in [6, 6.07) is 4.73. The average Bonchev–Trinajstić information content (AvgIpc) is 2.84. The zero-order chi connectivity index (χ0) is 11.5. The van der Waals surface area contributed by atoms with Crippen molar-refractivity contribution in [1.82, 2.24) is 5.32 Å². The first-order valence-electron chi connectivity index (χ1n) is 5.23. The highest BCUT2D eigenvalue weighted by Crippen LogP contribution is 2.33. The highest BCUT2D eigenvalue weighted by molar-refractivity contribution is 9.11. The SMILES string of the molecule is CCNC(c1csc(Br)c1)c1sccc1C. The molecule has 0 fully saturated rings. The predicted octanol–water partition coefficient (Wildman–Crippen LogP) is 4.58. The van der Waals surface area contributed by atoms with Crippen molar-refractivity contribution in [3.8, 4) is 0 Å². The van der Waals surface area contributed by atoms with Gasteiger partial charge in [-0.15, -0.1) is 22.7 Å². The lowest BCUT2D eigenvalue weighted by Crippen LogP contribution is -2.21. The molecule has 2 rings (SSSR count). The molecule has 0 aliphatic rings. The van der Waals surface area contributed by atoms with Crippen molar-refractivity contribution in [2.75, 3.05) is 6.54 Å². The van der Waals surface area contributed by atoms with Crippen molar-refractivity contribution < 1.29 is 0 Å². The summed E-state index contributed by atoms with van der Waals surface area (Å²) in [7, 11) is 0. The van der Waals surface area contributed by atoms with Gasteiger partial charge in [0.1, 0.15) is 0 Å². The van der Waals surface area contributed by atoms with Gasteiger partial charge in [0.25, 0.3) is 0 Å². The van der Waals surface area contributed by atoms with Gasteiger partial charge in [0.15, 0.2) is 0 Å². The third-order valence-corrected chi connectivity index (χ3v) is 5.10. The topological polar surface area (TPSA) is 12.0 Å². The summed E-state index contributed by atoms with van der Waals surface area (Å²) < 4.78 is 1.19. The molecule has 1 nitrogen and oxygen atoms in total. The van der Waals surface area contributed by atoms with Crippen molar-refractivity contribution in [3.05, 3.63) is 42.7 Å². The summed E-state index contributed by atoms with van der Waals surface area (Å²) in [6.07, 6.45) is 0. The highest BCUT2D eigenvalue weighted by Gasteiger charge is 2.17. The smallest absolute Gasteiger partial charge is 0.0701 e. The lowest BCUT2D eigenvalue weighted by atomic mass is 10.1. The minimum atomic E-state index is 0.340. The molecule has 0 aliphatic carbocycles. The van der Waals surface area contributed by atoms with E-state index in [1.165, 1.54) is 19.8 Å². The van der Waals surface area contributed by atoms with Gasteiger partial charge in [-0.3, -0.25) is 0 Å². The van der Waals surface area contributed by atoms with E-state index in [4.69, 9.17) is 0 Å². The van der Waals surface area contributed by atoms with Crippen LogP contribution in [0, 0.1) is 6.92 Å². The number of thiophene rings is 2. The van der Waals surface area contributed by atoms with E-state index in [1.807, 2.05) is 11.3 Å². The van der Waals surface area contributed by atoms with Gasteiger partial charge in [0.2, 0.25) is 0 Å². The fourth-order valence-electron chi connectivity index (χ4n) is 1.72. The third-order valence-electron chi connectivity index (χ3n) is 2.49. The molecule has 0 aromatic carbocycles. The molecule has 0 radical (unpaired) electrons. The zero-order valence-corrected chi connectivity index (χ0v) is 12.5. The van der Waals surface area contributed by atoms with Crippen LogP contribution >= 0.6 is 38.6 Å². The molecule has 2 aromatic rings. The molecule has 1 atom stereocenters. The third kappa shape index (κ3) is 2.56.